The van der Waals surface area contributed by atoms with Crippen LogP contribution in [0.5, 0.6) is 0 Å². The smallest absolute Gasteiger partial charge is 0.151 e. The number of alkyl halides is 1. The summed E-state index contributed by atoms with van der Waals surface area (Å²) in [5.74, 6) is 1.19. The molecule has 1 N–H and O–H groups in total. The normalized spacial score (nSPS) is 10.1. The summed E-state index contributed by atoms with van der Waals surface area (Å²) in [6.07, 6.45) is 0. The van der Waals surface area contributed by atoms with Gasteiger partial charge >= 0.3 is 0 Å². The molecule has 0 saturated heterocycles. The van der Waals surface area contributed by atoms with E-state index in [0.29, 0.717) is 11.0 Å². The first-order valence-corrected chi connectivity index (χ1v) is 3.42. The van der Waals surface area contributed by atoms with Gasteiger partial charge in [0.25, 0.3) is 0 Å². The third kappa shape index (κ3) is 1.37. The van der Waals surface area contributed by atoms with Gasteiger partial charge in [-0.3, -0.25) is 0 Å². The van der Waals surface area contributed by atoms with Gasteiger partial charge in [-0.1, -0.05) is 11.6 Å². The van der Waals surface area contributed by atoms with Gasteiger partial charge in [0.15, 0.2) is 5.15 Å². The highest BCUT2D eigenvalue weighted by atomic mass is 35.5. The lowest BCUT2D eigenvalue weighted by Crippen LogP contribution is -1.76. The van der Waals surface area contributed by atoms with Crippen LogP contribution in [0.25, 0.3) is 0 Å². The van der Waals surface area contributed by atoms with Crippen molar-refractivity contribution in [2.24, 2.45) is 0 Å². The molecule has 0 radical (unpaired) electrons. The first-order chi connectivity index (χ1) is 4.24. The first kappa shape index (κ1) is 6.90. The minimum atomic E-state index is 0.389. The van der Waals surface area contributed by atoms with Crippen LogP contribution in [0.15, 0.2) is 0 Å². The molecule has 0 fully saturated rings. The van der Waals surface area contributed by atoms with E-state index in [-0.39, 0.29) is 0 Å². The highest BCUT2D eigenvalue weighted by Gasteiger charge is 2.01. The van der Waals surface area contributed by atoms with Crippen LogP contribution in [0, 0.1) is 6.92 Å². The topological polar surface area (TPSA) is 28.7 Å². The Hall–Kier alpha value is -0.210. The Kier molecular flexibility index (Phi) is 1.98. The maximum absolute atomic E-state index is 5.62. The van der Waals surface area contributed by atoms with Crippen molar-refractivity contribution in [1.82, 2.24) is 9.97 Å². The van der Waals surface area contributed by atoms with Crippen molar-refractivity contribution in [2.45, 2.75) is 12.8 Å². The summed E-state index contributed by atoms with van der Waals surface area (Å²) in [6, 6.07) is 0. The number of nitrogens with one attached hydrogen (secondary N) is 1. The Morgan fingerprint density at radius 1 is 1.67 bits per heavy atom. The number of aryl methyl sites for hydroxylation is 1. The lowest BCUT2D eigenvalue weighted by atomic mass is 10.6. The van der Waals surface area contributed by atoms with Crippen molar-refractivity contribution < 1.29 is 0 Å². The van der Waals surface area contributed by atoms with E-state index < -0.39 is 0 Å². The fourth-order valence-corrected chi connectivity index (χ4v) is 1.10. The second-order valence-corrected chi connectivity index (χ2v) is 2.35. The van der Waals surface area contributed by atoms with Gasteiger partial charge in [-0.2, -0.15) is 0 Å². The molecular weight excluding hydrogens is 159 g/mol. The van der Waals surface area contributed by atoms with Crippen molar-refractivity contribution in [3.8, 4) is 0 Å². The molecule has 1 aromatic rings. The van der Waals surface area contributed by atoms with Crippen LogP contribution in [-0.4, -0.2) is 9.97 Å². The number of aromatic nitrogens is 2. The van der Waals surface area contributed by atoms with E-state index in [4.69, 9.17) is 23.2 Å². The minimum Gasteiger partial charge on any atom is -0.344 e. The van der Waals surface area contributed by atoms with Gasteiger partial charge < -0.3 is 4.98 Å². The Labute approximate surface area is 63.2 Å². The van der Waals surface area contributed by atoms with Gasteiger partial charge in [-0.15, -0.1) is 11.6 Å². The highest BCUT2D eigenvalue weighted by molar-refractivity contribution is 6.31. The molecule has 0 spiro atoms. The van der Waals surface area contributed by atoms with E-state index in [9.17, 15) is 0 Å². The molecule has 0 aromatic carbocycles. The number of imidazole rings is 1. The summed E-state index contributed by atoms with van der Waals surface area (Å²) in [5.41, 5.74) is 0.788. The van der Waals surface area contributed by atoms with E-state index in [2.05, 4.69) is 9.97 Å². The number of nitrogens with zero attached hydrogens (tertiary/aromatic N) is 1. The average molecular weight is 165 g/mol. The predicted octanol–water partition coefficient (Wildman–Crippen LogP) is 2.11. The second-order valence-electron chi connectivity index (χ2n) is 1.73. The molecule has 0 amide bonds. The monoisotopic (exact) mass is 164 g/mol. The average Bonchev–Trinajstić information content (AvgIpc) is 2.10. The van der Waals surface area contributed by atoms with Gasteiger partial charge in [0.2, 0.25) is 0 Å². The Balaban J connectivity index is 3.01. The van der Waals surface area contributed by atoms with Crippen molar-refractivity contribution in [3.05, 3.63) is 16.7 Å². The minimum absolute atomic E-state index is 0.389. The molecule has 0 aliphatic carbocycles. The molecule has 0 atom stereocenters. The Morgan fingerprint density at radius 2 is 2.33 bits per heavy atom. The molecular formula is C5H6Cl2N2. The van der Waals surface area contributed by atoms with Gasteiger partial charge in [0.05, 0.1) is 11.6 Å². The number of aromatic amines is 1. The van der Waals surface area contributed by atoms with E-state index in [1.165, 1.54) is 0 Å². The molecule has 0 saturated carbocycles. The molecule has 0 unspecified atom stereocenters. The van der Waals surface area contributed by atoms with Gasteiger partial charge in [0, 0.05) is 0 Å². The quantitative estimate of drug-likeness (QED) is 0.634. The summed E-state index contributed by atoms with van der Waals surface area (Å²) in [7, 11) is 0. The molecule has 0 bridgehead atoms. The largest absolute Gasteiger partial charge is 0.344 e. The summed E-state index contributed by atoms with van der Waals surface area (Å²) < 4.78 is 0. The zero-order valence-electron chi connectivity index (χ0n) is 4.91. The van der Waals surface area contributed by atoms with Crippen LogP contribution < -0.4 is 0 Å². The van der Waals surface area contributed by atoms with Crippen LogP contribution >= 0.6 is 23.2 Å². The Morgan fingerprint density at radius 3 is 2.56 bits per heavy atom. The van der Waals surface area contributed by atoms with Gasteiger partial charge in [-0.05, 0) is 6.92 Å². The molecule has 0 aliphatic heterocycles. The fraction of sp³-hybridized carbons (Fsp3) is 0.400. The molecule has 0 aliphatic rings. The summed E-state index contributed by atoms with van der Waals surface area (Å²) in [5, 5.41) is 0.475. The van der Waals surface area contributed by atoms with Crippen molar-refractivity contribution in [1.29, 1.82) is 0 Å². The molecule has 1 rings (SSSR count). The lowest BCUT2D eigenvalue weighted by Gasteiger charge is -1.83. The van der Waals surface area contributed by atoms with E-state index in [1.807, 2.05) is 6.92 Å². The molecule has 2 nitrogen and oxygen atoms in total. The SMILES string of the molecule is Cc1nc(Cl)c(CCl)[nH]1. The highest BCUT2D eigenvalue weighted by Crippen LogP contribution is 2.13. The summed E-state index contributed by atoms with van der Waals surface area (Å²) >= 11 is 11.1. The predicted molar refractivity (Wildman–Crippen MR) is 37.9 cm³/mol. The first-order valence-electron chi connectivity index (χ1n) is 2.51. The van der Waals surface area contributed by atoms with Crippen LogP contribution in [0.3, 0.4) is 0 Å². The van der Waals surface area contributed by atoms with Crippen molar-refractivity contribution in [3.63, 3.8) is 0 Å². The molecule has 1 aromatic heterocycles. The molecule has 50 valence electrons. The van der Waals surface area contributed by atoms with E-state index >= 15 is 0 Å². The lowest BCUT2D eigenvalue weighted by molar-refractivity contribution is 1.12. The molecule has 1 heterocycles. The Bertz CT molecular complexity index is 207. The van der Waals surface area contributed by atoms with Crippen LogP contribution in [0.1, 0.15) is 11.5 Å². The van der Waals surface area contributed by atoms with E-state index in [1.54, 1.807) is 0 Å². The van der Waals surface area contributed by atoms with E-state index in [0.717, 1.165) is 11.5 Å². The van der Waals surface area contributed by atoms with Crippen molar-refractivity contribution >= 4 is 23.2 Å². The zero-order valence-corrected chi connectivity index (χ0v) is 6.42. The fourth-order valence-electron chi connectivity index (χ4n) is 0.601. The number of halogens is 2. The number of rotatable bonds is 1. The summed E-state index contributed by atoms with van der Waals surface area (Å²) in [4.78, 5) is 6.83. The van der Waals surface area contributed by atoms with Gasteiger partial charge in [-0.25, -0.2) is 4.98 Å². The van der Waals surface area contributed by atoms with Crippen LogP contribution in [0.4, 0.5) is 0 Å². The number of hydrogen-bond acceptors (Lipinski definition) is 1. The second kappa shape index (κ2) is 2.58. The summed E-state index contributed by atoms with van der Waals surface area (Å²) in [6.45, 7) is 1.84. The van der Waals surface area contributed by atoms with Crippen LogP contribution in [0.2, 0.25) is 5.15 Å². The molecule has 9 heavy (non-hydrogen) atoms. The van der Waals surface area contributed by atoms with Crippen LogP contribution in [-0.2, 0) is 5.88 Å². The number of hydrogen-bond donors (Lipinski definition) is 1. The third-order valence-corrected chi connectivity index (χ3v) is 1.56. The maximum atomic E-state index is 5.62. The maximum Gasteiger partial charge on any atom is 0.151 e. The number of H-pyrrole nitrogens is 1. The van der Waals surface area contributed by atoms with Gasteiger partial charge in [0.1, 0.15) is 5.82 Å². The molecule has 4 heteroatoms. The standard InChI is InChI=1S/C5H6Cl2N2/c1-3-8-4(2-6)5(7)9-3/h2H2,1H3,(H,8,9). The van der Waals surface area contributed by atoms with Crippen molar-refractivity contribution in [2.75, 3.05) is 0 Å². The zero-order chi connectivity index (χ0) is 6.85. The third-order valence-electron chi connectivity index (χ3n) is 0.980.